The molecular formula is C33H34O4S2. The van der Waals surface area contributed by atoms with Gasteiger partial charge in [0.15, 0.2) is 5.78 Å². The van der Waals surface area contributed by atoms with E-state index in [1.165, 1.54) is 0 Å². The number of hydrogen-bond donors (Lipinski definition) is 1. The maximum Gasteiger partial charge on any atom is 0.164 e. The Labute approximate surface area is 239 Å². The van der Waals surface area contributed by atoms with E-state index in [0.29, 0.717) is 19.4 Å². The van der Waals surface area contributed by atoms with Crippen molar-refractivity contribution in [3.8, 4) is 0 Å². The third kappa shape index (κ3) is 10.3. The van der Waals surface area contributed by atoms with Crippen LogP contribution in [0.3, 0.4) is 0 Å². The normalized spacial score (nSPS) is 12.8. The Morgan fingerprint density at radius 3 is 1.64 bits per heavy atom. The highest BCUT2D eigenvalue weighted by atomic mass is 32.2. The zero-order valence-corrected chi connectivity index (χ0v) is 23.4. The molecule has 0 radical (unpaired) electrons. The summed E-state index contributed by atoms with van der Waals surface area (Å²) in [7, 11) is 0. The summed E-state index contributed by atoms with van der Waals surface area (Å²) in [5.41, 5.74) is 1.96. The van der Waals surface area contributed by atoms with Crippen LogP contribution in [0.25, 0.3) is 0 Å². The second-order valence-corrected chi connectivity index (χ2v) is 11.9. The van der Waals surface area contributed by atoms with Crippen LogP contribution in [0, 0.1) is 0 Å². The van der Waals surface area contributed by atoms with Gasteiger partial charge in [0.05, 0.1) is 24.4 Å². The maximum atomic E-state index is 13.5. The average Bonchev–Trinajstić information content (AvgIpc) is 2.98. The van der Waals surface area contributed by atoms with Crippen LogP contribution < -0.4 is 0 Å². The van der Waals surface area contributed by atoms with E-state index in [2.05, 4.69) is 24.3 Å². The highest BCUT2D eigenvalue weighted by Crippen LogP contribution is 2.38. The number of carbonyl (C=O) groups excluding carboxylic acids is 1. The Morgan fingerprint density at radius 2 is 1.13 bits per heavy atom. The van der Waals surface area contributed by atoms with Crippen molar-refractivity contribution in [3.05, 3.63) is 132 Å². The lowest BCUT2D eigenvalue weighted by Gasteiger charge is -2.24. The first-order valence-electron chi connectivity index (χ1n) is 13.1. The number of ketones is 1. The van der Waals surface area contributed by atoms with Gasteiger partial charge in [-0.1, -0.05) is 97.1 Å². The molecule has 0 saturated heterocycles. The standard InChI is InChI=1S/C33H34O4S2/c34-30(21-22-32(38-28-17-9-3-10-18-28)39-29-19-11-4-12-20-29)33(37-24-27-15-7-2-8-16-27)31(35)25-36-23-26-13-5-1-6-14-26/h1-20,31-33,35H,21-25H2/t31-,33-/m1/s1. The Balaban J connectivity index is 1.39. The summed E-state index contributed by atoms with van der Waals surface area (Å²) in [6, 6.07) is 39.9. The van der Waals surface area contributed by atoms with E-state index in [9.17, 15) is 9.90 Å². The van der Waals surface area contributed by atoms with Crippen LogP contribution in [0.15, 0.2) is 131 Å². The fraction of sp³-hybridized carbons (Fsp3) is 0.242. The zero-order valence-electron chi connectivity index (χ0n) is 21.8. The van der Waals surface area contributed by atoms with Gasteiger partial charge in [0.1, 0.15) is 12.2 Å². The zero-order chi connectivity index (χ0) is 27.1. The largest absolute Gasteiger partial charge is 0.388 e. The number of aliphatic hydroxyl groups is 1. The van der Waals surface area contributed by atoms with E-state index < -0.39 is 12.2 Å². The van der Waals surface area contributed by atoms with Crippen molar-refractivity contribution in [2.45, 2.75) is 52.6 Å². The van der Waals surface area contributed by atoms with E-state index >= 15 is 0 Å². The molecule has 0 aliphatic carbocycles. The molecule has 0 aromatic heterocycles. The molecule has 202 valence electrons. The number of aliphatic hydroxyl groups excluding tert-OH is 1. The van der Waals surface area contributed by atoms with Crippen molar-refractivity contribution in [3.63, 3.8) is 0 Å². The molecule has 39 heavy (non-hydrogen) atoms. The smallest absolute Gasteiger partial charge is 0.164 e. The third-order valence-corrected chi connectivity index (χ3v) is 8.65. The van der Waals surface area contributed by atoms with Crippen molar-refractivity contribution in [1.82, 2.24) is 0 Å². The number of benzene rings is 4. The van der Waals surface area contributed by atoms with Crippen LogP contribution in [-0.2, 0) is 27.5 Å². The predicted octanol–water partition coefficient (Wildman–Crippen LogP) is 7.41. The number of thioether (sulfide) groups is 2. The summed E-state index contributed by atoms with van der Waals surface area (Å²) < 4.78 is 11.9. The number of carbonyl (C=O) groups is 1. The van der Waals surface area contributed by atoms with Gasteiger partial charge in [-0.15, -0.1) is 23.5 Å². The van der Waals surface area contributed by atoms with Crippen molar-refractivity contribution >= 4 is 29.3 Å². The monoisotopic (exact) mass is 558 g/mol. The van der Waals surface area contributed by atoms with Crippen LogP contribution in [0.1, 0.15) is 24.0 Å². The minimum Gasteiger partial charge on any atom is -0.388 e. The molecule has 4 aromatic carbocycles. The van der Waals surface area contributed by atoms with Gasteiger partial charge in [0.2, 0.25) is 0 Å². The maximum absolute atomic E-state index is 13.5. The van der Waals surface area contributed by atoms with E-state index in [0.717, 1.165) is 20.9 Å². The summed E-state index contributed by atoms with van der Waals surface area (Å²) in [4.78, 5) is 15.8. The number of rotatable bonds is 16. The van der Waals surface area contributed by atoms with E-state index in [4.69, 9.17) is 9.47 Å². The van der Waals surface area contributed by atoms with Crippen molar-refractivity contribution < 1.29 is 19.4 Å². The Hall–Kier alpha value is -2.87. The Kier molecular flexibility index (Phi) is 12.2. The molecule has 0 unspecified atom stereocenters. The van der Waals surface area contributed by atoms with E-state index in [1.54, 1.807) is 23.5 Å². The van der Waals surface area contributed by atoms with Gasteiger partial charge in [-0.25, -0.2) is 0 Å². The first kappa shape index (κ1) is 29.1. The van der Waals surface area contributed by atoms with Crippen LogP contribution in [0.5, 0.6) is 0 Å². The quantitative estimate of drug-likeness (QED) is 0.114. The van der Waals surface area contributed by atoms with Crippen molar-refractivity contribution in [1.29, 1.82) is 0 Å². The molecule has 0 spiro atoms. The minimum absolute atomic E-state index is 0.0149. The number of hydrogen-bond acceptors (Lipinski definition) is 6. The first-order chi connectivity index (χ1) is 19.2. The molecule has 0 heterocycles. The molecule has 4 nitrogen and oxygen atoms in total. The molecular weight excluding hydrogens is 524 g/mol. The highest BCUT2D eigenvalue weighted by Gasteiger charge is 2.29. The summed E-state index contributed by atoms with van der Waals surface area (Å²) in [5, 5.41) is 11.0. The van der Waals surface area contributed by atoms with Crippen LogP contribution in [0.4, 0.5) is 0 Å². The van der Waals surface area contributed by atoms with Gasteiger partial charge in [0.25, 0.3) is 0 Å². The number of ether oxygens (including phenoxy) is 2. The Morgan fingerprint density at radius 1 is 0.667 bits per heavy atom. The minimum atomic E-state index is -1.06. The van der Waals surface area contributed by atoms with Gasteiger partial charge in [-0.2, -0.15) is 0 Å². The predicted molar refractivity (Wildman–Crippen MR) is 160 cm³/mol. The lowest BCUT2D eigenvalue weighted by molar-refractivity contribution is -0.144. The summed E-state index contributed by atoms with van der Waals surface area (Å²) >= 11 is 3.50. The summed E-state index contributed by atoms with van der Waals surface area (Å²) in [5.74, 6) is -0.117. The molecule has 6 heteroatoms. The van der Waals surface area contributed by atoms with Crippen LogP contribution in [0.2, 0.25) is 0 Å². The molecule has 0 bridgehead atoms. The van der Waals surface area contributed by atoms with Crippen LogP contribution in [-0.4, -0.2) is 34.3 Å². The molecule has 0 aliphatic rings. The van der Waals surface area contributed by atoms with E-state index in [-0.39, 0.29) is 23.6 Å². The molecule has 0 amide bonds. The SMILES string of the molecule is O=C(CCC(Sc1ccccc1)Sc1ccccc1)[C@@H](OCc1ccccc1)[C@H](O)COCc1ccccc1. The van der Waals surface area contributed by atoms with Gasteiger partial charge >= 0.3 is 0 Å². The molecule has 0 aliphatic heterocycles. The third-order valence-electron chi connectivity index (χ3n) is 5.99. The molecule has 4 aromatic rings. The molecule has 2 atom stereocenters. The molecule has 0 saturated carbocycles. The second-order valence-electron chi connectivity index (χ2n) is 9.08. The lowest BCUT2D eigenvalue weighted by Crippen LogP contribution is -2.39. The Bertz CT molecular complexity index is 1180. The van der Waals surface area contributed by atoms with Crippen molar-refractivity contribution in [2.75, 3.05) is 6.61 Å². The molecule has 4 rings (SSSR count). The summed E-state index contributed by atoms with van der Waals surface area (Å²) in [6.07, 6.45) is -1.10. The fourth-order valence-corrected chi connectivity index (χ4v) is 6.55. The van der Waals surface area contributed by atoms with Gasteiger partial charge < -0.3 is 14.6 Å². The topological polar surface area (TPSA) is 55.8 Å². The molecule has 1 N–H and O–H groups in total. The van der Waals surface area contributed by atoms with Crippen LogP contribution >= 0.6 is 23.5 Å². The van der Waals surface area contributed by atoms with Gasteiger partial charge in [-0.05, 0) is 41.8 Å². The fourth-order valence-electron chi connectivity index (χ4n) is 3.98. The average molecular weight is 559 g/mol. The van der Waals surface area contributed by atoms with Crippen molar-refractivity contribution in [2.24, 2.45) is 0 Å². The molecule has 0 fully saturated rings. The van der Waals surface area contributed by atoms with Gasteiger partial charge in [-0.3, -0.25) is 4.79 Å². The highest BCUT2D eigenvalue weighted by molar-refractivity contribution is 8.17. The van der Waals surface area contributed by atoms with Gasteiger partial charge in [0, 0.05) is 16.2 Å². The van der Waals surface area contributed by atoms with E-state index in [1.807, 2.05) is 97.1 Å². The summed E-state index contributed by atoms with van der Waals surface area (Å²) in [6.45, 7) is 0.621. The lowest BCUT2D eigenvalue weighted by atomic mass is 10.1. The number of Topliss-reactive ketones (excluding diaryl/α,β-unsaturated/α-hetero) is 1. The second kappa shape index (κ2) is 16.3. The first-order valence-corrected chi connectivity index (χ1v) is 14.8.